The molecule has 0 atom stereocenters. The number of hydrogen-bond acceptors (Lipinski definition) is 5. The molecule has 0 radical (unpaired) electrons. The highest BCUT2D eigenvalue weighted by molar-refractivity contribution is 5.94. The Kier molecular flexibility index (Phi) is 5.67. The molecule has 4 rings (SSSR count). The minimum absolute atomic E-state index is 0.00376. The van der Waals surface area contributed by atoms with E-state index in [1.54, 1.807) is 6.92 Å². The number of anilines is 2. The lowest BCUT2D eigenvalue weighted by Gasteiger charge is -2.33. The number of rotatable bonds is 5. The number of amides is 1. The van der Waals surface area contributed by atoms with Gasteiger partial charge >= 0.3 is 0 Å². The van der Waals surface area contributed by atoms with Gasteiger partial charge in [0.1, 0.15) is 13.2 Å². The zero-order valence-corrected chi connectivity index (χ0v) is 16.6. The molecule has 1 saturated heterocycles. The zero-order chi connectivity index (χ0) is 20.2. The number of Topliss-reactive ketones (excluding diaryl/α,β-unsaturated/α-hetero) is 1. The summed E-state index contributed by atoms with van der Waals surface area (Å²) in [7, 11) is 0. The van der Waals surface area contributed by atoms with Crippen molar-refractivity contribution in [3.8, 4) is 11.5 Å². The smallest absolute Gasteiger partial charge is 0.279 e. The molecule has 0 bridgehead atoms. The predicted molar refractivity (Wildman–Crippen MR) is 110 cm³/mol. The Bertz CT molecular complexity index is 889. The summed E-state index contributed by atoms with van der Waals surface area (Å²) in [6.45, 7) is 6.63. The van der Waals surface area contributed by atoms with Crippen LogP contribution in [0.5, 0.6) is 11.5 Å². The summed E-state index contributed by atoms with van der Waals surface area (Å²) in [6, 6.07) is 13.2. The number of piperazine rings is 1. The van der Waals surface area contributed by atoms with Gasteiger partial charge in [-0.15, -0.1) is 0 Å². The number of ether oxygens (including phenoxy) is 2. The minimum atomic E-state index is -0.00376. The molecule has 0 saturated carbocycles. The highest BCUT2D eigenvalue weighted by atomic mass is 16.6. The van der Waals surface area contributed by atoms with Gasteiger partial charge in [-0.2, -0.15) is 0 Å². The van der Waals surface area contributed by atoms with Crippen LogP contribution in [0.15, 0.2) is 42.5 Å². The zero-order valence-electron chi connectivity index (χ0n) is 16.6. The van der Waals surface area contributed by atoms with Crippen LogP contribution in [-0.2, 0) is 4.79 Å². The maximum absolute atomic E-state index is 12.5. The maximum atomic E-state index is 12.5. The summed E-state index contributed by atoms with van der Waals surface area (Å²) >= 11 is 0. The van der Waals surface area contributed by atoms with Gasteiger partial charge in [-0.1, -0.05) is 0 Å². The first-order valence-corrected chi connectivity index (χ1v) is 9.97. The molecule has 1 amide bonds. The van der Waals surface area contributed by atoms with Gasteiger partial charge < -0.3 is 24.6 Å². The molecule has 2 heterocycles. The average Bonchev–Trinajstić information content (AvgIpc) is 2.74. The average molecular weight is 396 g/mol. The first-order valence-electron chi connectivity index (χ1n) is 9.97. The van der Waals surface area contributed by atoms with Crippen molar-refractivity contribution in [2.45, 2.75) is 6.92 Å². The minimum Gasteiger partial charge on any atom is -0.486 e. The quantitative estimate of drug-likeness (QED) is 0.738. The summed E-state index contributed by atoms with van der Waals surface area (Å²) in [5.41, 5.74) is 2.58. The lowest BCUT2D eigenvalue weighted by Crippen LogP contribution is -3.15. The Hall–Kier alpha value is -3.06. The van der Waals surface area contributed by atoms with Crippen molar-refractivity contribution >= 4 is 23.1 Å². The summed E-state index contributed by atoms with van der Waals surface area (Å²) < 4.78 is 11.1. The number of hydrogen-bond donors (Lipinski definition) is 2. The van der Waals surface area contributed by atoms with Gasteiger partial charge in [0, 0.05) is 23.0 Å². The Morgan fingerprint density at radius 2 is 1.69 bits per heavy atom. The fourth-order valence-electron chi connectivity index (χ4n) is 3.72. The molecule has 7 nitrogen and oxygen atoms in total. The van der Waals surface area contributed by atoms with Crippen LogP contribution in [0, 0.1) is 0 Å². The number of carbonyl (C=O) groups excluding carboxylic acids is 2. The van der Waals surface area contributed by atoms with E-state index in [-0.39, 0.29) is 11.7 Å². The molecule has 2 aliphatic heterocycles. The molecule has 0 unspecified atom stereocenters. The monoisotopic (exact) mass is 396 g/mol. The van der Waals surface area contributed by atoms with Gasteiger partial charge in [-0.3, -0.25) is 9.59 Å². The van der Waals surface area contributed by atoms with E-state index in [0.29, 0.717) is 31.3 Å². The summed E-state index contributed by atoms with van der Waals surface area (Å²) in [4.78, 5) is 27.4. The molecular formula is C22H26N3O4+. The molecular weight excluding hydrogens is 370 g/mol. The van der Waals surface area contributed by atoms with Gasteiger partial charge in [0.2, 0.25) is 0 Å². The first-order chi connectivity index (χ1) is 14.1. The predicted octanol–water partition coefficient (Wildman–Crippen LogP) is 1.00. The highest BCUT2D eigenvalue weighted by Crippen LogP contribution is 2.32. The first kappa shape index (κ1) is 19.3. The number of nitrogens with zero attached hydrogens (tertiary/aromatic N) is 1. The van der Waals surface area contributed by atoms with Crippen molar-refractivity contribution in [2.24, 2.45) is 0 Å². The molecule has 1 fully saturated rings. The van der Waals surface area contributed by atoms with Gasteiger partial charge in [0.25, 0.3) is 5.91 Å². The van der Waals surface area contributed by atoms with Crippen molar-refractivity contribution < 1.29 is 24.0 Å². The molecule has 7 heteroatoms. The van der Waals surface area contributed by atoms with E-state index in [9.17, 15) is 9.59 Å². The molecule has 29 heavy (non-hydrogen) atoms. The van der Waals surface area contributed by atoms with E-state index in [0.717, 1.165) is 43.1 Å². The third kappa shape index (κ3) is 4.68. The van der Waals surface area contributed by atoms with E-state index in [2.05, 4.69) is 10.2 Å². The van der Waals surface area contributed by atoms with Crippen molar-refractivity contribution in [1.29, 1.82) is 0 Å². The van der Waals surface area contributed by atoms with Crippen LogP contribution in [0.2, 0.25) is 0 Å². The molecule has 0 aliphatic carbocycles. The van der Waals surface area contributed by atoms with E-state index >= 15 is 0 Å². The van der Waals surface area contributed by atoms with Gasteiger partial charge in [-0.25, -0.2) is 0 Å². The second-order valence-electron chi connectivity index (χ2n) is 7.42. The third-order valence-corrected chi connectivity index (χ3v) is 5.35. The molecule has 2 N–H and O–H groups in total. The fourth-order valence-corrected chi connectivity index (χ4v) is 3.72. The number of benzene rings is 2. The van der Waals surface area contributed by atoms with Crippen molar-refractivity contribution in [3.05, 3.63) is 48.0 Å². The van der Waals surface area contributed by atoms with Crippen LogP contribution in [0.4, 0.5) is 11.4 Å². The highest BCUT2D eigenvalue weighted by Gasteiger charge is 2.23. The largest absolute Gasteiger partial charge is 0.486 e. The molecule has 152 valence electrons. The molecule has 2 aromatic rings. The molecule has 2 aromatic carbocycles. The number of carbonyl (C=O) groups is 2. The van der Waals surface area contributed by atoms with E-state index in [1.165, 1.54) is 4.90 Å². The van der Waals surface area contributed by atoms with Crippen molar-refractivity contribution in [2.75, 3.05) is 56.2 Å². The van der Waals surface area contributed by atoms with Crippen LogP contribution in [-0.4, -0.2) is 57.6 Å². The Labute approximate surface area is 170 Å². The van der Waals surface area contributed by atoms with Crippen molar-refractivity contribution in [3.63, 3.8) is 0 Å². The molecule has 0 aromatic heterocycles. The summed E-state index contributed by atoms with van der Waals surface area (Å²) in [6.07, 6.45) is 0. The summed E-state index contributed by atoms with van der Waals surface area (Å²) in [5, 5.41) is 2.96. The van der Waals surface area contributed by atoms with Crippen LogP contribution in [0.25, 0.3) is 0 Å². The van der Waals surface area contributed by atoms with Crippen molar-refractivity contribution in [1.82, 2.24) is 0 Å². The Morgan fingerprint density at radius 3 is 2.38 bits per heavy atom. The maximum Gasteiger partial charge on any atom is 0.279 e. The van der Waals surface area contributed by atoms with Crippen LogP contribution < -0.4 is 24.6 Å². The van der Waals surface area contributed by atoms with Crippen LogP contribution >= 0.6 is 0 Å². The van der Waals surface area contributed by atoms with Crippen LogP contribution in [0.3, 0.4) is 0 Å². The third-order valence-electron chi connectivity index (χ3n) is 5.35. The van der Waals surface area contributed by atoms with E-state index in [4.69, 9.17) is 9.47 Å². The fraction of sp³-hybridized carbons (Fsp3) is 0.364. The normalized spacial score (nSPS) is 16.4. The number of quaternary nitrogens is 1. The van der Waals surface area contributed by atoms with Gasteiger partial charge in [-0.05, 0) is 43.3 Å². The Balaban J connectivity index is 1.27. The number of nitrogens with one attached hydrogen (secondary N) is 2. The lowest BCUT2D eigenvalue weighted by atomic mass is 10.1. The molecule has 0 spiro atoms. The lowest BCUT2D eigenvalue weighted by molar-refractivity contribution is -0.892. The van der Waals surface area contributed by atoms with E-state index < -0.39 is 0 Å². The van der Waals surface area contributed by atoms with Gasteiger partial charge in [0.05, 0.1) is 26.2 Å². The van der Waals surface area contributed by atoms with Gasteiger partial charge in [0.15, 0.2) is 23.8 Å². The molecule has 2 aliphatic rings. The topological polar surface area (TPSA) is 72.3 Å². The van der Waals surface area contributed by atoms with E-state index in [1.807, 2.05) is 42.5 Å². The second-order valence-corrected chi connectivity index (χ2v) is 7.42. The Morgan fingerprint density at radius 1 is 1.00 bits per heavy atom. The number of ketones is 1. The number of fused-ring (bicyclic) bond motifs is 1. The standard InChI is InChI=1S/C22H25N3O4/c1-16(26)17-2-5-19(6-3-17)25-10-8-24(9-11-25)15-22(27)23-18-4-7-20-21(14-18)29-13-12-28-20/h2-7,14H,8-13,15H2,1H3,(H,23,27)/p+1. The second kappa shape index (κ2) is 8.53. The summed E-state index contributed by atoms with van der Waals surface area (Å²) in [5.74, 6) is 1.46. The SMILES string of the molecule is CC(=O)c1ccc(N2CC[NH+](CC(=O)Nc3ccc4c(c3)OCCO4)CC2)cc1. The van der Waals surface area contributed by atoms with Crippen LogP contribution in [0.1, 0.15) is 17.3 Å².